The summed E-state index contributed by atoms with van der Waals surface area (Å²) in [5.74, 6) is 0.841. The fourth-order valence-corrected chi connectivity index (χ4v) is 2.61. The Labute approximate surface area is 120 Å². The van der Waals surface area contributed by atoms with Gasteiger partial charge in [-0.15, -0.1) is 5.10 Å². The molecular weight excluding hydrogens is 254 g/mol. The second-order valence-electron chi connectivity index (χ2n) is 5.59. The lowest BCUT2D eigenvalue weighted by molar-refractivity contribution is 0.0915. The Kier molecular flexibility index (Phi) is 5.52. The van der Waals surface area contributed by atoms with Crippen LogP contribution >= 0.6 is 0 Å². The fourth-order valence-electron chi connectivity index (χ4n) is 2.61. The van der Waals surface area contributed by atoms with E-state index in [0.717, 1.165) is 38.3 Å². The smallest absolute Gasteiger partial charge is 0.291 e. The first-order valence-corrected chi connectivity index (χ1v) is 7.63. The van der Waals surface area contributed by atoms with Gasteiger partial charge in [0, 0.05) is 19.0 Å². The third-order valence-corrected chi connectivity index (χ3v) is 3.58. The molecule has 1 aromatic heterocycles. The molecule has 6 nitrogen and oxygen atoms in total. The number of rotatable bonds is 6. The van der Waals surface area contributed by atoms with Gasteiger partial charge in [0.2, 0.25) is 5.82 Å². The topological polar surface area (TPSA) is 73.9 Å². The molecule has 1 aromatic rings. The number of carbonyl (C=O) groups excluding carboxylic acids is 1. The maximum Gasteiger partial charge on any atom is 0.291 e. The number of amides is 1. The van der Waals surface area contributed by atoms with Gasteiger partial charge in [-0.2, -0.15) is 0 Å². The minimum absolute atomic E-state index is 0.119. The van der Waals surface area contributed by atoms with Crippen molar-refractivity contribution in [3.05, 3.63) is 11.6 Å². The number of aromatic nitrogens is 3. The Morgan fingerprint density at radius 3 is 2.85 bits per heavy atom. The Hall–Kier alpha value is -1.43. The maximum absolute atomic E-state index is 12.0. The number of piperidine rings is 1. The summed E-state index contributed by atoms with van der Waals surface area (Å²) < 4.78 is 0. The van der Waals surface area contributed by atoms with E-state index < -0.39 is 0 Å². The van der Waals surface area contributed by atoms with Gasteiger partial charge in [-0.05, 0) is 39.3 Å². The van der Waals surface area contributed by atoms with Crippen molar-refractivity contribution in [1.82, 2.24) is 25.4 Å². The first kappa shape index (κ1) is 15.0. The van der Waals surface area contributed by atoms with Gasteiger partial charge in [0.15, 0.2) is 0 Å². The normalized spacial score (nSPS) is 17.9. The van der Waals surface area contributed by atoms with Crippen molar-refractivity contribution in [2.24, 2.45) is 0 Å². The van der Waals surface area contributed by atoms with E-state index in [2.05, 4.69) is 32.3 Å². The lowest BCUT2D eigenvalue weighted by Crippen LogP contribution is -2.43. The molecule has 1 amide bonds. The molecule has 1 fully saturated rings. The Morgan fingerprint density at radius 1 is 1.40 bits per heavy atom. The van der Waals surface area contributed by atoms with Crippen LogP contribution in [-0.4, -0.2) is 51.7 Å². The molecule has 6 heteroatoms. The predicted octanol–water partition coefficient (Wildman–Crippen LogP) is 1.36. The number of H-pyrrole nitrogens is 1. The van der Waals surface area contributed by atoms with Crippen molar-refractivity contribution in [2.45, 2.75) is 52.0 Å². The van der Waals surface area contributed by atoms with Crippen LogP contribution in [-0.2, 0) is 6.42 Å². The molecule has 2 heterocycles. The lowest BCUT2D eigenvalue weighted by Gasteiger charge is -2.29. The molecule has 2 rings (SSSR count). The number of hydrogen-bond acceptors (Lipinski definition) is 4. The van der Waals surface area contributed by atoms with Gasteiger partial charge in [-0.25, -0.2) is 4.98 Å². The number of likely N-dealkylation sites (tertiary alicyclic amines) is 1. The van der Waals surface area contributed by atoms with Gasteiger partial charge in [0.05, 0.1) is 0 Å². The molecule has 20 heavy (non-hydrogen) atoms. The van der Waals surface area contributed by atoms with Gasteiger partial charge in [0.1, 0.15) is 5.82 Å². The van der Waals surface area contributed by atoms with Crippen molar-refractivity contribution in [2.75, 3.05) is 19.6 Å². The zero-order chi connectivity index (χ0) is 14.4. The van der Waals surface area contributed by atoms with Crippen molar-refractivity contribution in [1.29, 1.82) is 0 Å². The summed E-state index contributed by atoms with van der Waals surface area (Å²) in [7, 11) is 0. The Balaban J connectivity index is 1.80. The average molecular weight is 279 g/mol. The first-order valence-electron chi connectivity index (χ1n) is 7.63. The van der Waals surface area contributed by atoms with E-state index in [0.29, 0.717) is 0 Å². The van der Waals surface area contributed by atoms with E-state index in [1.165, 1.54) is 19.3 Å². The zero-order valence-corrected chi connectivity index (χ0v) is 12.5. The van der Waals surface area contributed by atoms with Crippen LogP contribution in [0.2, 0.25) is 0 Å². The lowest BCUT2D eigenvalue weighted by atomic mass is 10.1. The highest BCUT2D eigenvalue weighted by Crippen LogP contribution is 2.08. The summed E-state index contributed by atoms with van der Waals surface area (Å²) >= 11 is 0. The van der Waals surface area contributed by atoms with E-state index in [4.69, 9.17) is 0 Å². The quantitative estimate of drug-likeness (QED) is 0.824. The van der Waals surface area contributed by atoms with Gasteiger partial charge < -0.3 is 10.2 Å². The molecule has 2 N–H and O–H groups in total. The highest BCUT2D eigenvalue weighted by molar-refractivity contribution is 5.90. The molecule has 112 valence electrons. The molecular formula is C14H25N5O. The summed E-state index contributed by atoms with van der Waals surface area (Å²) in [5, 5.41) is 9.76. The van der Waals surface area contributed by atoms with Crippen LogP contribution in [0.15, 0.2) is 0 Å². The monoisotopic (exact) mass is 279 g/mol. The number of aromatic amines is 1. The fraction of sp³-hybridized carbons (Fsp3) is 0.786. The SMILES string of the molecule is CCCc1nc(C(=O)NC(C)CN2CCCCC2)n[nH]1. The molecule has 0 aromatic carbocycles. The van der Waals surface area contributed by atoms with E-state index in [9.17, 15) is 4.79 Å². The van der Waals surface area contributed by atoms with E-state index in [1.807, 2.05) is 6.92 Å². The summed E-state index contributed by atoms with van der Waals surface area (Å²) in [6, 6.07) is 0.119. The molecule has 0 saturated carbocycles. The van der Waals surface area contributed by atoms with Crippen LogP contribution in [0.1, 0.15) is 56.0 Å². The van der Waals surface area contributed by atoms with E-state index in [-0.39, 0.29) is 17.8 Å². The average Bonchev–Trinajstić information content (AvgIpc) is 2.89. The number of nitrogens with zero attached hydrogens (tertiary/aromatic N) is 3. The van der Waals surface area contributed by atoms with Gasteiger partial charge >= 0.3 is 0 Å². The van der Waals surface area contributed by atoms with Gasteiger partial charge in [-0.3, -0.25) is 9.89 Å². The van der Waals surface area contributed by atoms with Crippen molar-refractivity contribution in [3.63, 3.8) is 0 Å². The molecule has 0 aliphatic carbocycles. The van der Waals surface area contributed by atoms with E-state index in [1.54, 1.807) is 0 Å². The zero-order valence-electron chi connectivity index (χ0n) is 12.5. The maximum atomic E-state index is 12.0. The van der Waals surface area contributed by atoms with Crippen LogP contribution in [0, 0.1) is 0 Å². The minimum atomic E-state index is -0.187. The minimum Gasteiger partial charge on any atom is -0.346 e. The summed E-state index contributed by atoms with van der Waals surface area (Å²) in [6.07, 6.45) is 5.67. The standard InChI is InChI=1S/C14H25N5O/c1-3-7-12-16-13(18-17-12)14(20)15-11(2)10-19-8-5-4-6-9-19/h11H,3-10H2,1-2H3,(H,15,20)(H,16,17,18). The Morgan fingerprint density at radius 2 is 2.15 bits per heavy atom. The molecule has 1 saturated heterocycles. The molecule has 0 bridgehead atoms. The molecule has 1 unspecified atom stereocenters. The molecule has 1 atom stereocenters. The molecule has 0 spiro atoms. The molecule has 0 radical (unpaired) electrons. The largest absolute Gasteiger partial charge is 0.346 e. The second kappa shape index (κ2) is 7.38. The van der Waals surface area contributed by atoms with Crippen LogP contribution < -0.4 is 5.32 Å². The molecule has 1 aliphatic heterocycles. The molecule has 1 aliphatic rings. The number of aryl methyl sites for hydroxylation is 1. The van der Waals surface area contributed by atoms with Gasteiger partial charge in [-0.1, -0.05) is 13.3 Å². The second-order valence-corrected chi connectivity index (χ2v) is 5.59. The number of nitrogens with one attached hydrogen (secondary N) is 2. The van der Waals surface area contributed by atoms with Crippen LogP contribution in [0.25, 0.3) is 0 Å². The predicted molar refractivity (Wildman–Crippen MR) is 77.6 cm³/mol. The highest BCUT2D eigenvalue weighted by Gasteiger charge is 2.18. The van der Waals surface area contributed by atoms with Gasteiger partial charge in [0.25, 0.3) is 5.91 Å². The number of carbonyl (C=O) groups is 1. The highest BCUT2D eigenvalue weighted by atomic mass is 16.2. The van der Waals surface area contributed by atoms with Crippen LogP contribution in [0.3, 0.4) is 0 Å². The summed E-state index contributed by atoms with van der Waals surface area (Å²) in [4.78, 5) is 18.7. The third-order valence-electron chi connectivity index (χ3n) is 3.58. The van der Waals surface area contributed by atoms with E-state index >= 15 is 0 Å². The first-order chi connectivity index (χ1) is 9.69. The van der Waals surface area contributed by atoms with Crippen molar-refractivity contribution >= 4 is 5.91 Å². The number of hydrogen-bond donors (Lipinski definition) is 2. The summed E-state index contributed by atoms with van der Waals surface area (Å²) in [6.45, 7) is 7.29. The third kappa shape index (κ3) is 4.30. The van der Waals surface area contributed by atoms with Crippen molar-refractivity contribution < 1.29 is 4.79 Å². The van der Waals surface area contributed by atoms with Crippen LogP contribution in [0.4, 0.5) is 0 Å². The summed E-state index contributed by atoms with van der Waals surface area (Å²) in [5.41, 5.74) is 0. The Bertz CT molecular complexity index is 425. The van der Waals surface area contributed by atoms with Crippen molar-refractivity contribution in [3.8, 4) is 0 Å². The van der Waals surface area contributed by atoms with Crippen LogP contribution in [0.5, 0.6) is 0 Å².